The van der Waals surface area contributed by atoms with Gasteiger partial charge in [-0.25, -0.2) is 0 Å². The van der Waals surface area contributed by atoms with Crippen molar-refractivity contribution in [1.29, 1.82) is 0 Å². The minimum Gasteiger partial charge on any atom is -0.460 e. The van der Waals surface area contributed by atoms with E-state index in [-0.39, 0.29) is 0 Å². The number of hydrogen-bond donors (Lipinski definition) is 1. The zero-order valence-electron chi connectivity index (χ0n) is 11.3. The lowest BCUT2D eigenvalue weighted by Crippen LogP contribution is -2.46. The van der Waals surface area contributed by atoms with Gasteiger partial charge in [0.25, 0.3) is 5.91 Å². The molecular weight excluding hydrogens is 252 g/mol. The number of carbonyl (C=O) groups is 1. The van der Waals surface area contributed by atoms with Crippen LogP contribution in [0.2, 0.25) is 0 Å². The third-order valence-corrected chi connectivity index (χ3v) is 4.85. The van der Waals surface area contributed by atoms with Crippen LogP contribution in [0.1, 0.15) is 34.9 Å². The van der Waals surface area contributed by atoms with E-state index in [0.717, 1.165) is 23.6 Å². The highest BCUT2D eigenvalue weighted by atomic mass is 16.3. The second kappa shape index (κ2) is 4.35. The zero-order chi connectivity index (χ0) is 13.7. The second-order valence-electron chi connectivity index (χ2n) is 5.98. The summed E-state index contributed by atoms with van der Waals surface area (Å²) in [5.74, 6) is 1.77. The number of rotatable bonds is 2. The van der Waals surface area contributed by atoms with E-state index in [2.05, 4.69) is 11.0 Å². The van der Waals surface area contributed by atoms with Crippen molar-refractivity contribution in [2.45, 2.75) is 18.8 Å². The number of benzene rings is 1. The smallest absolute Gasteiger partial charge is 0.252 e. The van der Waals surface area contributed by atoms with Crippen molar-refractivity contribution in [1.82, 2.24) is 4.90 Å². The van der Waals surface area contributed by atoms with E-state index >= 15 is 0 Å². The van der Waals surface area contributed by atoms with Gasteiger partial charge in [0.05, 0.1) is 5.56 Å². The number of amides is 1. The number of furan rings is 1. The van der Waals surface area contributed by atoms with E-state index in [0.29, 0.717) is 17.1 Å². The molecule has 3 aliphatic rings. The minimum absolute atomic E-state index is 0.426. The molecule has 5 rings (SSSR count). The predicted octanol–water partition coefficient (Wildman–Crippen LogP) is 2.34. The van der Waals surface area contributed by atoms with Gasteiger partial charge >= 0.3 is 0 Å². The Morgan fingerprint density at radius 3 is 2.75 bits per heavy atom. The first-order valence-corrected chi connectivity index (χ1v) is 7.27. The molecule has 1 amide bonds. The Labute approximate surface area is 117 Å². The number of nitrogens with two attached hydrogens (primary N) is 1. The fraction of sp³-hybridized carbons (Fsp3) is 0.438. The van der Waals surface area contributed by atoms with Gasteiger partial charge in [-0.1, -0.05) is 12.1 Å². The fourth-order valence-corrected chi connectivity index (χ4v) is 3.75. The van der Waals surface area contributed by atoms with E-state index in [1.54, 1.807) is 6.07 Å². The lowest BCUT2D eigenvalue weighted by molar-refractivity contribution is 0.0786. The van der Waals surface area contributed by atoms with Crippen molar-refractivity contribution >= 4 is 16.9 Å². The van der Waals surface area contributed by atoms with Crippen LogP contribution in [0.3, 0.4) is 0 Å². The molecule has 1 aromatic heterocycles. The minimum atomic E-state index is -0.426. The molecule has 3 fully saturated rings. The first-order valence-electron chi connectivity index (χ1n) is 7.27. The summed E-state index contributed by atoms with van der Waals surface area (Å²) in [7, 11) is 0. The van der Waals surface area contributed by atoms with Crippen molar-refractivity contribution in [2.75, 3.05) is 19.6 Å². The number of carbonyl (C=O) groups excluding carboxylic acids is 1. The Morgan fingerprint density at radius 2 is 2.10 bits per heavy atom. The second-order valence-corrected chi connectivity index (χ2v) is 5.98. The molecule has 3 saturated heterocycles. The first kappa shape index (κ1) is 12.0. The number of primary amides is 1. The van der Waals surface area contributed by atoms with E-state index in [9.17, 15) is 4.79 Å². The topological polar surface area (TPSA) is 59.5 Å². The van der Waals surface area contributed by atoms with Gasteiger partial charge in [-0.3, -0.25) is 4.79 Å². The molecule has 4 nitrogen and oxygen atoms in total. The largest absolute Gasteiger partial charge is 0.460 e. The van der Waals surface area contributed by atoms with Crippen molar-refractivity contribution < 1.29 is 9.21 Å². The molecule has 1 atom stereocenters. The van der Waals surface area contributed by atoms with Crippen molar-refractivity contribution in [3.63, 3.8) is 0 Å². The van der Waals surface area contributed by atoms with Crippen LogP contribution in [-0.4, -0.2) is 30.4 Å². The molecule has 4 heteroatoms. The van der Waals surface area contributed by atoms with Crippen molar-refractivity contribution in [3.05, 3.63) is 35.6 Å². The summed E-state index contributed by atoms with van der Waals surface area (Å²) >= 11 is 0. The van der Waals surface area contributed by atoms with Crippen molar-refractivity contribution in [2.24, 2.45) is 11.7 Å². The van der Waals surface area contributed by atoms with Gasteiger partial charge in [0.2, 0.25) is 0 Å². The molecule has 0 aliphatic carbocycles. The molecule has 0 radical (unpaired) electrons. The maximum atomic E-state index is 11.5. The van der Waals surface area contributed by atoms with E-state index in [4.69, 9.17) is 10.2 Å². The monoisotopic (exact) mass is 270 g/mol. The Morgan fingerprint density at radius 1 is 1.30 bits per heavy atom. The SMILES string of the molecule is NC(=O)c1cccc2cc(C3CN4CCC3CC4)oc12. The van der Waals surface area contributed by atoms with Crippen LogP contribution in [-0.2, 0) is 0 Å². The molecule has 2 aromatic rings. The highest BCUT2D eigenvalue weighted by molar-refractivity contribution is 6.04. The average Bonchev–Trinajstić information content (AvgIpc) is 2.92. The van der Waals surface area contributed by atoms with Gasteiger partial charge in [0, 0.05) is 17.8 Å². The quantitative estimate of drug-likeness (QED) is 0.911. The number of hydrogen-bond acceptors (Lipinski definition) is 3. The summed E-state index contributed by atoms with van der Waals surface area (Å²) in [6.45, 7) is 3.51. The van der Waals surface area contributed by atoms with Crippen LogP contribution in [0, 0.1) is 5.92 Å². The summed E-state index contributed by atoms with van der Waals surface area (Å²) < 4.78 is 6.03. The van der Waals surface area contributed by atoms with Crippen LogP contribution in [0.15, 0.2) is 28.7 Å². The molecule has 104 valence electrons. The summed E-state index contributed by atoms with van der Waals surface area (Å²) in [5.41, 5.74) is 6.55. The van der Waals surface area contributed by atoms with Crippen LogP contribution < -0.4 is 5.73 Å². The van der Waals surface area contributed by atoms with E-state index in [1.807, 2.05) is 12.1 Å². The Kier molecular flexibility index (Phi) is 2.60. The third-order valence-electron chi connectivity index (χ3n) is 4.85. The molecular formula is C16H18N2O2. The maximum Gasteiger partial charge on any atom is 0.252 e. The van der Waals surface area contributed by atoms with Gasteiger partial charge in [-0.2, -0.15) is 0 Å². The molecule has 1 unspecified atom stereocenters. The maximum absolute atomic E-state index is 11.5. The Bertz CT molecular complexity index is 668. The molecule has 20 heavy (non-hydrogen) atoms. The lowest BCUT2D eigenvalue weighted by atomic mass is 9.78. The number of piperidine rings is 3. The van der Waals surface area contributed by atoms with Gasteiger partial charge in [-0.05, 0) is 44.0 Å². The lowest BCUT2D eigenvalue weighted by Gasteiger charge is -2.43. The van der Waals surface area contributed by atoms with E-state index < -0.39 is 5.91 Å². The summed E-state index contributed by atoms with van der Waals surface area (Å²) in [6.07, 6.45) is 2.51. The number of fused-ring (bicyclic) bond motifs is 4. The van der Waals surface area contributed by atoms with Gasteiger partial charge in [0.15, 0.2) is 0 Å². The molecule has 0 spiro atoms. The molecule has 4 heterocycles. The average molecular weight is 270 g/mol. The van der Waals surface area contributed by atoms with E-state index in [1.165, 1.54) is 25.9 Å². The molecule has 1 aromatic carbocycles. The molecule has 2 N–H and O–H groups in total. The summed E-state index contributed by atoms with van der Waals surface area (Å²) in [4.78, 5) is 14.0. The molecule has 0 saturated carbocycles. The molecule has 3 aliphatic heterocycles. The Balaban J connectivity index is 1.78. The fourth-order valence-electron chi connectivity index (χ4n) is 3.75. The van der Waals surface area contributed by atoms with Crippen LogP contribution in [0.4, 0.5) is 0 Å². The normalized spacial score (nSPS) is 28.9. The zero-order valence-corrected chi connectivity index (χ0v) is 11.3. The number of nitrogens with zero attached hydrogens (tertiary/aromatic N) is 1. The third kappa shape index (κ3) is 1.75. The van der Waals surface area contributed by atoms with Crippen LogP contribution in [0.25, 0.3) is 11.0 Å². The molecule has 2 bridgehead atoms. The Hall–Kier alpha value is -1.81. The van der Waals surface area contributed by atoms with Crippen molar-refractivity contribution in [3.8, 4) is 0 Å². The predicted molar refractivity (Wildman–Crippen MR) is 76.6 cm³/mol. The summed E-state index contributed by atoms with van der Waals surface area (Å²) in [5, 5.41) is 0.979. The van der Waals surface area contributed by atoms with Gasteiger partial charge in [0.1, 0.15) is 11.3 Å². The first-order chi connectivity index (χ1) is 9.72. The standard InChI is InChI=1S/C16H18N2O2/c17-16(19)12-3-1-2-11-8-14(20-15(11)12)13-9-18-6-4-10(13)5-7-18/h1-3,8,10,13H,4-7,9H2,(H2,17,19). The number of para-hydroxylation sites is 1. The van der Waals surface area contributed by atoms with Gasteiger partial charge in [-0.15, -0.1) is 0 Å². The van der Waals surface area contributed by atoms with Crippen LogP contribution >= 0.6 is 0 Å². The highest BCUT2D eigenvalue weighted by Crippen LogP contribution is 2.40. The van der Waals surface area contributed by atoms with Crippen LogP contribution in [0.5, 0.6) is 0 Å². The van der Waals surface area contributed by atoms with Gasteiger partial charge < -0.3 is 15.1 Å². The highest BCUT2D eigenvalue weighted by Gasteiger charge is 2.36. The summed E-state index contributed by atoms with van der Waals surface area (Å²) in [6, 6.07) is 7.66.